The van der Waals surface area contributed by atoms with E-state index in [2.05, 4.69) is 25.8 Å². The highest BCUT2D eigenvalue weighted by atomic mass is 32.1. The third-order valence-electron chi connectivity index (χ3n) is 5.95. The zero-order chi connectivity index (χ0) is 23.7. The second-order valence-corrected chi connectivity index (χ2v) is 8.24. The van der Waals surface area contributed by atoms with Gasteiger partial charge >= 0.3 is 0 Å². The maximum Gasteiger partial charge on any atom is 0.174 e. The van der Waals surface area contributed by atoms with Gasteiger partial charge in [-0.15, -0.1) is 0 Å². The maximum atomic E-state index is 9.78. The molecule has 1 saturated heterocycles. The molecule has 4 aromatic rings. The van der Waals surface area contributed by atoms with E-state index in [0.29, 0.717) is 16.6 Å². The monoisotopic (exact) mass is 472 g/mol. The second kappa shape index (κ2) is 9.07. The number of anilines is 1. The van der Waals surface area contributed by atoms with Crippen LogP contribution in [-0.4, -0.2) is 34.0 Å². The minimum Gasteiger partial charge on any atom is -0.508 e. The van der Waals surface area contributed by atoms with Crippen molar-refractivity contribution in [3.05, 3.63) is 96.6 Å². The summed E-state index contributed by atoms with van der Waals surface area (Å²) >= 11 is 5.86. The molecule has 0 amide bonds. The lowest BCUT2D eigenvalue weighted by molar-refractivity contribution is 0.402. The molecule has 0 spiro atoms. The van der Waals surface area contributed by atoms with Crippen LogP contribution in [0.2, 0.25) is 0 Å². The van der Waals surface area contributed by atoms with Gasteiger partial charge in [0.2, 0.25) is 0 Å². The molecule has 1 aliphatic rings. The van der Waals surface area contributed by atoms with Gasteiger partial charge in [0.25, 0.3) is 0 Å². The fourth-order valence-electron chi connectivity index (χ4n) is 4.38. The summed E-state index contributed by atoms with van der Waals surface area (Å²) < 4.78 is 13.3. The van der Waals surface area contributed by atoms with Crippen LogP contribution in [0, 0.1) is 0 Å². The average molecular weight is 473 g/mol. The Bertz CT molecular complexity index is 1310. The van der Waals surface area contributed by atoms with Crippen molar-refractivity contribution in [2.24, 2.45) is 0 Å². The van der Waals surface area contributed by atoms with Crippen molar-refractivity contribution < 1.29 is 14.6 Å². The first-order chi connectivity index (χ1) is 16.6. The number of nitrogens with zero attached hydrogens (tertiary/aromatic N) is 3. The molecular weight excluding hydrogens is 448 g/mol. The van der Waals surface area contributed by atoms with Crippen LogP contribution in [0.5, 0.6) is 17.2 Å². The van der Waals surface area contributed by atoms with E-state index < -0.39 is 0 Å². The number of nitrogens with one attached hydrogen (secondary N) is 1. The Balaban J connectivity index is 1.70. The van der Waals surface area contributed by atoms with E-state index >= 15 is 0 Å². The quantitative estimate of drug-likeness (QED) is 0.392. The minimum absolute atomic E-state index is 0.213. The molecule has 3 heterocycles. The van der Waals surface area contributed by atoms with Gasteiger partial charge in [0.1, 0.15) is 23.3 Å². The second-order valence-electron chi connectivity index (χ2n) is 7.85. The highest BCUT2D eigenvalue weighted by Gasteiger charge is 2.43. The van der Waals surface area contributed by atoms with Gasteiger partial charge in [-0.3, -0.25) is 4.98 Å². The number of ether oxygens (including phenoxy) is 2. The van der Waals surface area contributed by atoms with Crippen molar-refractivity contribution in [3.8, 4) is 22.9 Å². The largest absolute Gasteiger partial charge is 0.508 e. The molecule has 2 aromatic heterocycles. The van der Waals surface area contributed by atoms with Gasteiger partial charge < -0.3 is 29.4 Å². The van der Waals surface area contributed by atoms with Gasteiger partial charge in [0.05, 0.1) is 31.6 Å². The Kier molecular flexibility index (Phi) is 5.81. The molecular formula is C26H24N4O3S. The molecule has 1 fully saturated rings. The van der Waals surface area contributed by atoms with Crippen LogP contribution in [0.1, 0.15) is 23.5 Å². The molecule has 0 radical (unpaired) electrons. The van der Waals surface area contributed by atoms with Crippen molar-refractivity contribution in [2.75, 3.05) is 19.1 Å². The van der Waals surface area contributed by atoms with E-state index in [1.807, 2.05) is 60.8 Å². The number of hydrogen-bond acceptors (Lipinski definition) is 5. The Morgan fingerprint density at radius 2 is 1.79 bits per heavy atom. The van der Waals surface area contributed by atoms with Crippen molar-refractivity contribution in [2.45, 2.75) is 12.1 Å². The van der Waals surface area contributed by atoms with Crippen molar-refractivity contribution >= 4 is 23.0 Å². The lowest BCUT2D eigenvalue weighted by Crippen LogP contribution is -2.30. The number of methoxy groups -OCH3 is 2. The van der Waals surface area contributed by atoms with Gasteiger partial charge in [-0.2, -0.15) is 0 Å². The predicted octanol–water partition coefficient (Wildman–Crippen LogP) is 4.77. The number of rotatable bonds is 6. The van der Waals surface area contributed by atoms with E-state index in [-0.39, 0.29) is 17.8 Å². The minimum atomic E-state index is -0.243. The predicted molar refractivity (Wildman–Crippen MR) is 135 cm³/mol. The molecule has 0 aliphatic carbocycles. The molecule has 2 atom stereocenters. The highest BCUT2D eigenvalue weighted by Crippen LogP contribution is 2.46. The number of pyridine rings is 1. The third kappa shape index (κ3) is 3.82. The summed E-state index contributed by atoms with van der Waals surface area (Å²) in [6.07, 6.45) is 3.78. The maximum absolute atomic E-state index is 9.78. The summed E-state index contributed by atoms with van der Waals surface area (Å²) in [7, 11) is 3.28. The molecule has 0 saturated carbocycles. The lowest BCUT2D eigenvalue weighted by Gasteiger charge is -2.30. The van der Waals surface area contributed by atoms with Crippen LogP contribution < -0.4 is 19.7 Å². The topological polar surface area (TPSA) is 71.8 Å². The number of phenolic OH excluding ortho intramolecular Hbond substituents is 1. The molecule has 172 valence electrons. The smallest absolute Gasteiger partial charge is 0.174 e. The first-order valence-corrected chi connectivity index (χ1v) is 11.2. The van der Waals surface area contributed by atoms with Crippen molar-refractivity contribution in [1.82, 2.24) is 14.9 Å². The van der Waals surface area contributed by atoms with Gasteiger partial charge in [-0.1, -0.05) is 6.07 Å². The fraction of sp³-hybridized carbons (Fsp3) is 0.154. The van der Waals surface area contributed by atoms with Crippen LogP contribution in [0.3, 0.4) is 0 Å². The van der Waals surface area contributed by atoms with Crippen LogP contribution in [0.4, 0.5) is 5.69 Å². The summed E-state index contributed by atoms with van der Waals surface area (Å²) in [6.45, 7) is 0. The van der Waals surface area contributed by atoms with E-state index in [4.69, 9.17) is 21.7 Å². The average Bonchev–Trinajstić information content (AvgIpc) is 3.49. The van der Waals surface area contributed by atoms with E-state index in [1.165, 1.54) is 0 Å². The highest BCUT2D eigenvalue weighted by molar-refractivity contribution is 7.80. The standard InChI is InChI=1S/C26H24N4O3S/c1-32-19-12-13-23(33-2)22(16-19)30-25(24(28-26(30)34)20-6-3-4-14-27-20)21-7-5-15-29(21)17-8-10-18(31)11-9-17/h3-16,24-25,31H,1-2H3,(H,28,34)/t24-,25+/m0/s1. The first kappa shape index (κ1) is 21.8. The number of aromatic nitrogens is 2. The molecule has 1 aliphatic heterocycles. The summed E-state index contributed by atoms with van der Waals surface area (Å²) in [6, 6.07) is 22.3. The van der Waals surface area contributed by atoms with Crippen LogP contribution in [0.15, 0.2) is 85.2 Å². The number of thiocarbonyl (C=S) groups is 1. The Morgan fingerprint density at radius 1 is 0.971 bits per heavy atom. The van der Waals surface area contributed by atoms with Gasteiger partial charge in [0.15, 0.2) is 5.11 Å². The number of hydrogen-bond donors (Lipinski definition) is 2. The Morgan fingerprint density at radius 3 is 2.50 bits per heavy atom. The zero-order valence-electron chi connectivity index (χ0n) is 18.8. The van der Waals surface area contributed by atoms with Crippen LogP contribution in [0.25, 0.3) is 5.69 Å². The van der Waals surface area contributed by atoms with Crippen molar-refractivity contribution in [3.63, 3.8) is 0 Å². The van der Waals surface area contributed by atoms with Gasteiger partial charge in [0, 0.05) is 29.8 Å². The molecule has 34 heavy (non-hydrogen) atoms. The third-order valence-corrected chi connectivity index (χ3v) is 6.27. The SMILES string of the molecule is COc1ccc(OC)c(N2C(=S)N[C@@H](c3ccccn3)[C@H]2c2cccn2-c2ccc(O)cc2)c1. The fourth-order valence-corrected chi connectivity index (χ4v) is 4.72. The Hall–Kier alpha value is -4.04. The molecule has 0 unspecified atom stereocenters. The summed E-state index contributed by atoms with van der Waals surface area (Å²) in [5.74, 6) is 1.60. The summed E-state index contributed by atoms with van der Waals surface area (Å²) in [5, 5.41) is 13.8. The first-order valence-electron chi connectivity index (χ1n) is 10.8. The number of phenols is 1. The molecule has 0 bridgehead atoms. The summed E-state index contributed by atoms with van der Waals surface area (Å²) in [5.41, 5.74) is 3.59. The zero-order valence-corrected chi connectivity index (χ0v) is 19.6. The number of benzene rings is 2. The molecule has 5 rings (SSSR count). The molecule has 2 aromatic carbocycles. The van der Waals surface area contributed by atoms with Gasteiger partial charge in [-0.05, 0) is 72.9 Å². The normalized spacial score (nSPS) is 17.5. The van der Waals surface area contributed by atoms with Crippen molar-refractivity contribution in [1.29, 1.82) is 0 Å². The van der Waals surface area contributed by atoms with Crippen LogP contribution in [-0.2, 0) is 0 Å². The molecule has 2 N–H and O–H groups in total. The van der Waals surface area contributed by atoms with Gasteiger partial charge in [-0.25, -0.2) is 0 Å². The van der Waals surface area contributed by atoms with E-state index in [9.17, 15) is 5.11 Å². The molecule has 8 heteroatoms. The number of aromatic hydroxyl groups is 1. The van der Waals surface area contributed by atoms with E-state index in [0.717, 1.165) is 22.8 Å². The summed E-state index contributed by atoms with van der Waals surface area (Å²) in [4.78, 5) is 6.68. The Labute approximate surface area is 203 Å². The molecule has 7 nitrogen and oxygen atoms in total. The lowest BCUT2D eigenvalue weighted by atomic mass is 10.0. The van der Waals surface area contributed by atoms with E-state index in [1.54, 1.807) is 32.5 Å². The van der Waals surface area contributed by atoms with Crippen LogP contribution >= 0.6 is 12.2 Å².